The van der Waals surface area contributed by atoms with Crippen LogP contribution in [0.2, 0.25) is 0 Å². The first-order valence-electron chi connectivity index (χ1n) is 6.14. The second-order valence-electron chi connectivity index (χ2n) is 4.94. The summed E-state index contributed by atoms with van der Waals surface area (Å²) in [5.41, 5.74) is 0. The molecule has 3 atom stereocenters. The van der Waals surface area contributed by atoms with Gasteiger partial charge in [-0.05, 0) is 26.4 Å². The molecule has 5 nitrogen and oxygen atoms in total. The first-order valence-corrected chi connectivity index (χ1v) is 6.14. The molecule has 0 radical (unpaired) electrons. The van der Waals surface area contributed by atoms with Crippen LogP contribution in [0.4, 0.5) is 0 Å². The molecule has 3 unspecified atom stereocenters. The SMILES string of the molecule is CC(C(=O)O)C(C)C(=O)NCC1CCCN1C. The lowest BCUT2D eigenvalue weighted by atomic mass is 9.95. The van der Waals surface area contributed by atoms with Crippen LogP contribution in [0.5, 0.6) is 0 Å². The van der Waals surface area contributed by atoms with Gasteiger partial charge < -0.3 is 15.3 Å². The third kappa shape index (κ3) is 3.70. The van der Waals surface area contributed by atoms with E-state index in [9.17, 15) is 9.59 Å². The molecule has 1 saturated heterocycles. The third-order valence-electron chi connectivity index (χ3n) is 3.74. The monoisotopic (exact) mass is 242 g/mol. The summed E-state index contributed by atoms with van der Waals surface area (Å²) in [5.74, 6) is -2.22. The van der Waals surface area contributed by atoms with Crippen LogP contribution in [-0.4, -0.2) is 48.1 Å². The van der Waals surface area contributed by atoms with Crippen molar-refractivity contribution >= 4 is 11.9 Å². The number of carboxylic acids is 1. The fraction of sp³-hybridized carbons (Fsp3) is 0.833. The number of hydrogen-bond acceptors (Lipinski definition) is 3. The van der Waals surface area contributed by atoms with Gasteiger partial charge in [-0.3, -0.25) is 9.59 Å². The van der Waals surface area contributed by atoms with Gasteiger partial charge in [0.05, 0.1) is 5.92 Å². The Morgan fingerprint density at radius 3 is 2.53 bits per heavy atom. The van der Waals surface area contributed by atoms with Crippen LogP contribution in [0.25, 0.3) is 0 Å². The first kappa shape index (κ1) is 14.0. The van der Waals surface area contributed by atoms with Crippen molar-refractivity contribution in [1.29, 1.82) is 0 Å². The number of likely N-dealkylation sites (tertiary alicyclic amines) is 1. The molecule has 0 saturated carbocycles. The van der Waals surface area contributed by atoms with Gasteiger partial charge in [-0.25, -0.2) is 0 Å². The van der Waals surface area contributed by atoms with Crippen LogP contribution >= 0.6 is 0 Å². The van der Waals surface area contributed by atoms with Crippen LogP contribution in [0.3, 0.4) is 0 Å². The molecule has 1 amide bonds. The summed E-state index contributed by atoms with van der Waals surface area (Å²) in [6.07, 6.45) is 2.26. The normalized spacial score (nSPS) is 24.3. The Bertz CT molecular complexity index is 293. The molecule has 0 aromatic heterocycles. The standard InChI is InChI=1S/C12H22N2O3/c1-8(9(2)12(16)17)11(15)13-7-10-5-4-6-14(10)3/h8-10H,4-7H2,1-3H3,(H,13,15)(H,16,17). The second-order valence-corrected chi connectivity index (χ2v) is 4.94. The van der Waals surface area contributed by atoms with Crippen LogP contribution in [0.1, 0.15) is 26.7 Å². The first-order chi connectivity index (χ1) is 7.93. The highest BCUT2D eigenvalue weighted by atomic mass is 16.4. The predicted molar refractivity (Wildman–Crippen MR) is 64.6 cm³/mol. The number of carbonyl (C=O) groups is 2. The fourth-order valence-corrected chi connectivity index (χ4v) is 2.06. The second kappa shape index (κ2) is 6.00. The van der Waals surface area contributed by atoms with E-state index in [1.807, 2.05) is 7.05 Å². The molecule has 2 N–H and O–H groups in total. The molecular weight excluding hydrogens is 220 g/mol. The van der Waals surface area contributed by atoms with Gasteiger partial charge in [0.2, 0.25) is 5.91 Å². The molecule has 0 spiro atoms. The maximum atomic E-state index is 11.8. The molecule has 1 aliphatic heterocycles. The summed E-state index contributed by atoms with van der Waals surface area (Å²) < 4.78 is 0. The van der Waals surface area contributed by atoms with Gasteiger partial charge in [0.1, 0.15) is 0 Å². The predicted octanol–water partition coefficient (Wildman–Crippen LogP) is 0.554. The summed E-state index contributed by atoms with van der Waals surface area (Å²) in [5, 5.41) is 11.7. The lowest BCUT2D eigenvalue weighted by molar-refractivity contribution is -0.146. The molecule has 0 aromatic carbocycles. The van der Waals surface area contributed by atoms with Crippen molar-refractivity contribution in [3.8, 4) is 0 Å². The average molecular weight is 242 g/mol. The van der Waals surface area contributed by atoms with E-state index in [1.54, 1.807) is 13.8 Å². The maximum absolute atomic E-state index is 11.8. The van der Waals surface area contributed by atoms with Crippen molar-refractivity contribution in [2.45, 2.75) is 32.7 Å². The zero-order valence-corrected chi connectivity index (χ0v) is 10.8. The Morgan fingerprint density at radius 1 is 1.41 bits per heavy atom. The number of nitrogens with one attached hydrogen (secondary N) is 1. The minimum Gasteiger partial charge on any atom is -0.481 e. The molecule has 1 fully saturated rings. The molecule has 1 aliphatic rings. The summed E-state index contributed by atoms with van der Waals surface area (Å²) in [7, 11) is 2.05. The third-order valence-corrected chi connectivity index (χ3v) is 3.74. The summed E-state index contributed by atoms with van der Waals surface area (Å²) in [6.45, 7) is 4.91. The number of carboxylic acid groups (broad SMARTS) is 1. The van der Waals surface area contributed by atoms with E-state index in [-0.39, 0.29) is 5.91 Å². The van der Waals surface area contributed by atoms with E-state index in [2.05, 4.69) is 10.2 Å². The van der Waals surface area contributed by atoms with Gasteiger partial charge in [-0.2, -0.15) is 0 Å². The minimum absolute atomic E-state index is 0.166. The van der Waals surface area contributed by atoms with Crippen LogP contribution in [0, 0.1) is 11.8 Å². The number of amides is 1. The van der Waals surface area contributed by atoms with Crippen molar-refractivity contribution in [3.05, 3.63) is 0 Å². The largest absolute Gasteiger partial charge is 0.481 e. The summed E-state index contributed by atoms with van der Waals surface area (Å²) in [6, 6.07) is 0.395. The molecule has 98 valence electrons. The molecular formula is C12H22N2O3. The van der Waals surface area contributed by atoms with Crippen molar-refractivity contribution in [3.63, 3.8) is 0 Å². The Balaban J connectivity index is 2.36. The van der Waals surface area contributed by atoms with Crippen molar-refractivity contribution < 1.29 is 14.7 Å². The highest BCUT2D eigenvalue weighted by molar-refractivity contribution is 5.84. The molecule has 17 heavy (non-hydrogen) atoms. The number of rotatable bonds is 5. The molecule has 1 rings (SSSR count). The highest BCUT2D eigenvalue weighted by Crippen LogP contribution is 2.15. The minimum atomic E-state index is -0.925. The topological polar surface area (TPSA) is 69.6 Å². The van der Waals surface area contributed by atoms with Gasteiger partial charge in [0.15, 0.2) is 0 Å². The maximum Gasteiger partial charge on any atom is 0.307 e. The van der Waals surface area contributed by atoms with Crippen LogP contribution in [0.15, 0.2) is 0 Å². The summed E-state index contributed by atoms with van der Waals surface area (Å²) in [4.78, 5) is 24.8. The highest BCUT2D eigenvalue weighted by Gasteiger charge is 2.27. The van der Waals surface area contributed by atoms with E-state index < -0.39 is 17.8 Å². The van der Waals surface area contributed by atoms with Gasteiger partial charge in [0, 0.05) is 18.5 Å². The van der Waals surface area contributed by atoms with E-state index in [0.29, 0.717) is 12.6 Å². The van der Waals surface area contributed by atoms with Gasteiger partial charge >= 0.3 is 5.97 Å². The summed E-state index contributed by atoms with van der Waals surface area (Å²) >= 11 is 0. The molecule has 0 aromatic rings. The van der Waals surface area contributed by atoms with Crippen molar-refractivity contribution in [2.75, 3.05) is 20.1 Å². The van der Waals surface area contributed by atoms with Gasteiger partial charge in [-0.15, -0.1) is 0 Å². The van der Waals surface area contributed by atoms with Gasteiger partial charge in [-0.1, -0.05) is 13.8 Å². The zero-order chi connectivity index (χ0) is 13.0. The Kier molecular flexibility index (Phi) is 4.93. The quantitative estimate of drug-likeness (QED) is 0.739. The van der Waals surface area contributed by atoms with E-state index in [1.165, 1.54) is 0 Å². The number of likely N-dealkylation sites (N-methyl/N-ethyl adjacent to an activating group) is 1. The number of aliphatic carboxylic acids is 1. The Labute approximate surface area is 102 Å². The molecule has 5 heteroatoms. The fourth-order valence-electron chi connectivity index (χ4n) is 2.06. The zero-order valence-electron chi connectivity index (χ0n) is 10.8. The van der Waals surface area contributed by atoms with Crippen LogP contribution in [-0.2, 0) is 9.59 Å². The van der Waals surface area contributed by atoms with Gasteiger partial charge in [0.25, 0.3) is 0 Å². The molecule has 1 heterocycles. The van der Waals surface area contributed by atoms with E-state index in [0.717, 1.165) is 19.4 Å². The van der Waals surface area contributed by atoms with Crippen LogP contribution < -0.4 is 5.32 Å². The molecule has 0 bridgehead atoms. The smallest absolute Gasteiger partial charge is 0.307 e. The Morgan fingerprint density at radius 2 is 2.06 bits per heavy atom. The number of carbonyl (C=O) groups excluding carboxylic acids is 1. The lowest BCUT2D eigenvalue weighted by Crippen LogP contribution is -2.42. The lowest BCUT2D eigenvalue weighted by Gasteiger charge is -2.22. The number of nitrogens with zero attached hydrogens (tertiary/aromatic N) is 1. The van der Waals surface area contributed by atoms with Crippen molar-refractivity contribution in [1.82, 2.24) is 10.2 Å². The Hall–Kier alpha value is -1.10. The number of hydrogen-bond donors (Lipinski definition) is 2. The average Bonchev–Trinajstić information content (AvgIpc) is 2.69. The van der Waals surface area contributed by atoms with E-state index >= 15 is 0 Å². The van der Waals surface area contributed by atoms with E-state index in [4.69, 9.17) is 5.11 Å². The molecule has 0 aliphatic carbocycles. The van der Waals surface area contributed by atoms with Crippen molar-refractivity contribution in [2.24, 2.45) is 11.8 Å².